The van der Waals surface area contributed by atoms with Gasteiger partial charge in [0.1, 0.15) is 31.9 Å². The zero-order chi connectivity index (χ0) is 16.5. The smallest absolute Gasteiger partial charge is 0.219 e. The van der Waals surface area contributed by atoms with Crippen molar-refractivity contribution < 1.29 is 19.7 Å². The molecule has 1 aliphatic rings. The molecule has 0 aromatic heterocycles. The van der Waals surface area contributed by atoms with E-state index in [-0.39, 0.29) is 5.91 Å². The lowest BCUT2D eigenvalue weighted by molar-refractivity contribution is -0.946. The van der Waals surface area contributed by atoms with Crippen molar-refractivity contribution in [1.82, 2.24) is 4.90 Å². The summed E-state index contributed by atoms with van der Waals surface area (Å²) < 4.78 is 5.34. The van der Waals surface area contributed by atoms with Crippen molar-refractivity contribution in [1.29, 1.82) is 0 Å². The van der Waals surface area contributed by atoms with Crippen LogP contribution < -0.4 is 15.0 Å². The van der Waals surface area contributed by atoms with Gasteiger partial charge >= 0.3 is 0 Å². The fraction of sp³-hybridized carbons (Fsp3) is 0.500. The van der Waals surface area contributed by atoms with Gasteiger partial charge in [-0.3, -0.25) is 4.79 Å². The van der Waals surface area contributed by atoms with Gasteiger partial charge in [-0.25, -0.2) is 0 Å². The van der Waals surface area contributed by atoms with Crippen LogP contribution in [0.15, 0.2) is 30.3 Å². The van der Waals surface area contributed by atoms with Crippen molar-refractivity contribution in [3.63, 3.8) is 0 Å². The number of rotatable bonds is 7. The fourth-order valence-electron chi connectivity index (χ4n) is 2.91. The van der Waals surface area contributed by atoms with Crippen LogP contribution in [0.2, 0.25) is 0 Å². The van der Waals surface area contributed by atoms with E-state index in [9.17, 15) is 4.79 Å². The monoisotopic (exact) mass is 319 g/mol. The topological polar surface area (TPSA) is 50.6 Å². The molecule has 3 N–H and O–H groups in total. The van der Waals surface area contributed by atoms with Crippen molar-refractivity contribution in [3.05, 3.63) is 35.9 Å². The number of quaternary nitrogens is 2. The van der Waals surface area contributed by atoms with Gasteiger partial charge in [0, 0.05) is 19.0 Å². The highest BCUT2D eigenvalue weighted by molar-refractivity contribution is 5.73. The quantitative estimate of drug-likeness (QED) is 0.679. The Hall–Kier alpha value is -1.85. The Morgan fingerprint density at radius 3 is 2.78 bits per heavy atom. The number of nitrogens with zero attached hydrogens (tertiary/aromatic N) is 1. The summed E-state index contributed by atoms with van der Waals surface area (Å²) in [6, 6.07) is 7.90. The van der Waals surface area contributed by atoms with Crippen LogP contribution in [0, 0.1) is 0 Å². The number of para-hydroxylation sites is 1. The number of ether oxygens (including phenoxy) is 1. The van der Waals surface area contributed by atoms with Gasteiger partial charge in [-0.1, -0.05) is 30.4 Å². The van der Waals surface area contributed by atoms with Crippen molar-refractivity contribution in [2.75, 3.05) is 52.9 Å². The van der Waals surface area contributed by atoms with Crippen molar-refractivity contribution in [3.8, 4) is 5.75 Å². The number of benzene rings is 1. The first kappa shape index (κ1) is 17.5. The second kappa shape index (κ2) is 9.33. The highest BCUT2D eigenvalue weighted by Crippen LogP contribution is 2.18. The number of piperazine rings is 1. The lowest BCUT2D eigenvalue weighted by Crippen LogP contribution is -3.20. The van der Waals surface area contributed by atoms with E-state index < -0.39 is 0 Å². The zero-order valence-electron chi connectivity index (χ0n) is 14.3. The Bertz CT molecular complexity index is 525. The number of nitrogens with two attached hydrogens (primary N) is 1. The first-order valence-electron chi connectivity index (χ1n) is 8.41. The predicted molar refractivity (Wildman–Crippen MR) is 91.5 cm³/mol. The van der Waals surface area contributed by atoms with Gasteiger partial charge in [-0.15, -0.1) is 0 Å². The third-order valence-corrected chi connectivity index (χ3v) is 4.35. The maximum atomic E-state index is 11.8. The molecule has 0 radical (unpaired) electrons. The minimum Gasteiger partial charge on any atom is -0.496 e. The zero-order valence-corrected chi connectivity index (χ0v) is 14.3. The summed E-state index contributed by atoms with van der Waals surface area (Å²) >= 11 is 0. The Morgan fingerprint density at radius 2 is 2.09 bits per heavy atom. The van der Waals surface area contributed by atoms with Crippen molar-refractivity contribution in [2.45, 2.75) is 6.92 Å². The SMILES string of the molecule is COc1ccccc1/C=C/CN(CC[NH+]1CC[NH2+]CC1)C(C)=O. The van der Waals surface area contributed by atoms with Gasteiger partial charge < -0.3 is 19.9 Å². The molecule has 1 fully saturated rings. The first-order chi connectivity index (χ1) is 11.2. The third-order valence-electron chi connectivity index (χ3n) is 4.35. The highest BCUT2D eigenvalue weighted by Gasteiger charge is 2.17. The number of nitrogens with one attached hydrogen (secondary N) is 1. The van der Waals surface area contributed by atoms with E-state index >= 15 is 0 Å². The largest absolute Gasteiger partial charge is 0.496 e. The molecule has 5 heteroatoms. The van der Waals surface area contributed by atoms with Crippen molar-refractivity contribution in [2.24, 2.45) is 0 Å². The van der Waals surface area contributed by atoms with Crippen molar-refractivity contribution >= 4 is 12.0 Å². The van der Waals surface area contributed by atoms with Gasteiger partial charge in [0.05, 0.1) is 20.2 Å². The average molecular weight is 319 g/mol. The second-order valence-corrected chi connectivity index (χ2v) is 5.98. The number of methoxy groups -OCH3 is 1. The molecule has 0 spiro atoms. The summed E-state index contributed by atoms with van der Waals surface area (Å²) in [5, 5.41) is 2.36. The Labute approximate surface area is 138 Å². The standard InChI is InChI=1S/C18H27N3O2/c1-16(22)21(15-14-20-12-9-19-10-13-20)11-5-7-17-6-3-4-8-18(17)23-2/h3-8,19H,9-15H2,1-2H3/p+2/b7-5+. The molecule has 0 aliphatic carbocycles. The molecule has 1 aliphatic heterocycles. The van der Waals surface area contributed by atoms with Crippen LogP contribution in [0.25, 0.3) is 6.08 Å². The number of carbonyl (C=O) groups is 1. The Balaban J connectivity index is 1.86. The van der Waals surface area contributed by atoms with E-state index in [1.165, 1.54) is 26.2 Å². The lowest BCUT2D eigenvalue weighted by Gasteiger charge is -2.25. The number of hydrogen-bond acceptors (Lipinski definition) is 2. The van der Waals surface area contributed by atoms with Gasteiger partial charge in [0.2, 0.25) is 5.91 Å². The van der Waals surface area contributed by atoms with Crippen LogP contribution in [0.5, 0.6) is 5.75 Å². The number of amides is 1. The Kier molecular flexibility index (Phi) is 7.10. The average Bonchev–Trinajstić information content (AvgIpc) is 2.58. The summed E-state index contributed by atoms with van der Waals surface area (Å²) in [5.41, 5.74) is 1.04. The molecule has 5 nitrogen and oxygen atoms in total. The van der Waals surface area contributed by atoms with Crippen LogP contribution in [0.3, 0.4) is 0 Å². The summed E-state index contributed by atoms with van der Waals surface area (Å²) in [5.74, 6) is 0.991. The molecule has 1 saturated heterocycles. The predicted octanol–water partition coefficient (Wildman–Crippen LogP) is -0.981. The fourth-order valence-corrected chi connectivity index (χ4v) is 2.91. The molecular formula is C18H29N3O2+2. The van der Waals surface area contributed by atoms with E-state index in [4.69, 9.17) is 4.74 Å². The minimum atomic E-state index is 0.137. The summed E-state index contributed by atoms with van der Waals surface area (Å²) in [4.78, 5) is 15.4. The minimum absolute atomic E-state index is 0.137. The molecule has 0 bridgehead atoms. The maximum Gasteiger partial charge on any atom is 0.219 e. The summed E-state index contributed by atoms with van der Waals surface area (Å²) in [6.45, 7) is 8.94. The van der Waals surface area contributed by atoms with Gasteiger partial charge in [0.15, 0.2) is 0 Å². The molecule has 23 heavy (non-hydrogen) atoms. The summed E-state index contributed by atoms with van der Waals surface area (Å²) in [6.07, 6.45) is 4.07. The normalized spacial score (nSPS) is 15.7. The number of hydrogen-bond donors (Lipinski definition) is 2. The van der Waals surface area contributed by atoms with E-state index in [1.807, 2.05) is 41.3 Å². The molecule has 1 aromatic carbocycles. The maximum absolute atomic E-state index is 11.8. The third kappa shape index (κ3) is 5.69. The van der Waals surface area contributed by atoms with Crippen LogP contribution in [0.4, 0.5) is 0 Å². The second-order valence-electron chi connectivity index (χ2n) is 5.98. The molecule has 1 amide bonds. The molecular weight excluding hydrogens is 290 g/mol. The van der Waals surface area contributed by atoms with E-state index in [2.05, 4.69) is 5.32 Å². The van der Waals surface area contributed by atoms with Crippen LogP contribution in [0.1, 0.15) is 12.5 Å². The first-order valence-corrected chi connectivity index (χ1v) is 8.41. The molecule has 2 rings (SSSR count). The van der Waals surface area contributed by atoms with E-state index in [0.717, 1.165) is 24.4 Å². The van der Waals surface area contributed by atoms with Crippen LogP contribution in [-0.4, -0.2) is 63.7 Å². The highest BCUT2D eigenvalue weighted by atomic mass is 16.5. The van der Waals surface area contributed by atoms with E-state index in [1.54, 1.807) is 18.9 Å². The van der Waals surface area contributed by atoms with E-state index in [0.29, 0.717) is 6.54 Å². The molecule has 0 unspecified atom stereocenters. The summed E-state index contributed by atoms with van der Waals surface area (Å²) in [7, 11) is 1.67. The van der Waals surface area contributed by atoms with Crippen LogP contribution >= 0.6 is 0 Å². The molecule has 126 valence electrons. The lowest BCUT2D eigenvalue weighted by atomic mass is 10.2. The van der Waals surface area contributed by atoms with Gasteiger partial charge in [-0.2, -0.15) is 0 Å². The Morgan fingerprint density at radius 1 is 1.35 bits per heavy atom. The van der Waals surface area contributed by atoms with Crippen LogP contribution in [-0.2, 0) is 4.79 Å². The van der Waals surface area contributed by atoms with Gasteiger partial charge in [-0.05, 0) is 6.07 Å². The molecule has 1 heterocycles. The molecule has 0 atom stereocenters. The molecule has 1 aromatic rings. The van der Waals surface area contributed by atoms with Gasteiger partial charge in [0.25, 0.3) is 0 Å². The molecule has 0 saturated carbocycles. The number of carbonyl (C=O) groups excluding carboxylic acids is 1.